The topological polar surface area (TPSA) is 52.6 Å². The zero-order chi connectivity index (χ0) is 23.4. The first-order valence-corrected chi connectivity index (χ1v) is 9.66. The van der Waals surface area contributed by atoms with E-state index in [0.717, 1.165) is 0 Å². The number of carbonyl (C=O) groups excluding carboxylic acids is 2. The summed E-state index contributed by atoms with van der Waals surface area (Å²) in [6, 6.07) is 0. The van der Waals surface area contributed by atoms with E-state index in [0.29, 0.717) is 19.3 Å². The third kappa shape index (κ3) is 9.07. The van der Waals surface area contributed by atoms with Crippen molar-refractivity contribution in [2.24, 2.45) is 11.3 Å². The second kappa shape index (κ2) is 9.72. The normalized spacial score (nSPS) is 21.3. The molecule has 1 rings (SSSR count). The second-order valence-corrected chi connectivity index (χ2v) is 8.40. The molecule has 0 aromatic heterocycles. The Kier molecular flexibility index (Phi) is 8.58. The van der Waals surface area contributed by atoms with Gasteiger partial charge in [-0.15, -0.1) is 0 Å². The summed E-state index contributed by atoms with van der Waals surface area (Å²) in [5, 5.41) is 0. The van der Waals surface area contributed by atoms with E-state index in [4.69, 9.17) is 4.74 Å². The smallest absolute Gasteiger partial charge is 0.394 e. The summed E-state index contributed by atoms with van der Waals surface area (Å²) in [7, 11) is 0. The summed E-state index contributed by atoms with van der Waals surface area (Å²) in [5.74, 6) is -11.2. The van der Waals surface area contributed by atoms with E-state index in [-0.39, 0.29) is 18.8 Å². The van der Waals surface area contributed by atoms with Gasteiger partial charge in [0.15, 0.2) is 6.61 Å². The summed E-state index contributed by atoms with van der Waals surface area (Å²) in [5.41, 5.74) is -0.657. The minimum absolute atomic E-state index is 0.194. The van der Waals surface area contributed by atoms with Crippen molar-refractivity contribution in [2.75, 3.05) is 6.61 Å². The number of hydrogen-bond acceptors (Lipinski definition) is 4. The maximum absolute atomic E-state index is 13.6. The van der Waals surface area contributed by atoms with E-state index in [9.17, 15) is 40.3 Å². The van der Waals surface area contributed by atoms with Crippen LogP contribution in [0.3, 0.4) is 0 Å². The number of esters is 2. The Morgan fingerprint density at radius 3 is 1.87 bits per heavy atom. The number of alkyl halides is 7. The molecule has 4 nitrogen and oxygen atoms in total. The predicted octanol–water partition coefficient (Wildman–Crippen LogP) is 5.68. The molecule has 1 aliphatic rings. The van der Waals surface area contributed by atoms with Crippen molar-refractivity contribution in [1.29, 1.82) is 0 Å². The van der Waals surface area contributed by atoms with E-state index >= 15 is 0 Å². The molecule has 0 heterocycles. The molecular weight excluding hydrogens is 425 g/mol. The SMILES string of the molecule is CCC(C)(C)C(=O)OC1CCC(C(=O)OCC(F)(F)CC(F)(F)CC(F)(F)F)CC1. The van der Waals surface area contributed by atoms with E-state index in [1.165, 1.54) is 0 Å². The molecule has 0 aromatic rings. The second-order valence-electron chi connectivity index (χ2n) is 8.40. The minimum Gasteiger partial charge on any atom is -0.462 e. The van der Waals surface area contributed by atoms with Gasteiger partial charge in [0.2, 0.25) is 0 Å². The fourth-order valence-corrected chi connectivity index (χ4v) is 2.95. The summed E-state index contributed by atoms with van der Waals surface area (Å²) in [6.45, 7) is 3.58. The summed E-state index contributed by atoms with van der Waals surface area (Å²) in [6.07, 6.45) is -9.19. The molecule has 0 aromatic carbocycles. The van der Waals surface area contributed by atoms with Crippen LogP contribution in [-0.2, 0) is 19.1 Å². The first-order valence-electron chi connectivity index (χ1n) is 9.66. The van der Waals surface area contributed by atoms with Gasteiger partial charge in [-0.2, -0.15) is 13.2 Å². The summed E-state index contributed by atoms with van der Waals surface area (Å²) >= 11 is 0. The molecule has 1 saturated carbocycles. The Bertz CT molecular complexity index is 594. The van der Waals surface area contributed by atoms with Crippen LogP contribution in [0.2, 0.25) is 0 Å². The third-order valence-corrected chi connectivity index (χ3v) is 5.12. The fourth-order valence-electron chi connectivity index (χ4n) is 2.95. The monoisotopic (exact) mass is 452 g/mol. The van der Waals surface area contributed by atoms with Crippen LogP contribution in [0.4, 0.5) is 30.7 Å². The Balaban J connectivity index is 2.47. The Morgan fingerprint density at radius 1 is 0.867 bits per heavy atom. The molecule has 1 aliphatic carbocycles. The Hall–Kier alpha value is -1.55. The number of rotatable bonds is 9. The first-order chi connectivity index (χ1) is 13.5. The van der Waals surface area contributed by atoms with Gasteiger partial charge >= 0.3 is 18.1 Å². The minimum atomic E-state index is -5.30. The number of carbonyl (C=O) groups is 2. The van der Waals surface area contributed by atoms with Crippen LogP contribution in [0.15, 0.2) is 0 Å². The third-order valence-electron chi connectivity index (χ3n) is 5.12. The van der Waals surface area contributed by atoms with Gasteiger partial charge in [0.1, 0.15) is 12.5 Å². The maximum Gasteiger partial charge on any atom is 0.394 e. The molecule has 0 saturated heterocycles. The average molecular weight is 452 g/mol. The molecule has 0 N–H and O–H groups in total. The van der Waals surface area contributed by atoms with Crippen LogP contribution in [0, 0.1) is 11.3 Å². The molecule has 0 aliphatic heterocycles. The van der Waals surface area contributed by atoms with Gasteiger partial charge in [0.25, 0.3) is 11.8 Å². The van der Waals surface area contributed by atoms with Gasteiger partial charge in [0.05, 0.1) is 17.8 Å². The van der Waals surface area contributed by atoms with Gasteiger partial charge in [0, 0.05) is 0 Å². The van der Waals surface area contributed by atoms with Crippen LogP contribution < -0.4 is 0 Å². The average Bonchev–Trinajstić information content (AvgIpc) is 2.57. The number of hydrogen-bond donors (Lipinski definition) is 0. The van der Waals surface area contributed by atoms with E-state index in [1.54, 1.807) is 13.8 Å². The van der Waals surface area contributed by atoms with Gasteiger partial charge < -0.3 is 9.47 Å². The Morgan fingerprint density at radius 2 is 1.40 bits per heavy atom. The molecule has 0 amide bonds. The first kappa shape index (κ1) is 26.5. The van der Waals surface area contributed by atoms with Crippen LogP contribution >= 0.6 is 0 Å². The molecule has 0 spiro atoms. The lowest BCUT2D eigenvalue weighted by Gasteiger charge is -2.30. The van der Waals surface area contributed by atoms with Crippen LogP contribution in [-0.4, -0.2) is 42.7 Å². The van der Waals surface area contributed by atoms with Crippen molar-refractivity contribution in [3.63, 3.8) is 0 Å². The van der Waals surface area contributed by atoms with Gasteiger partial charge in [-0.3, -0.25) is 9.59 Å². The standard InChI is InChI=1S/C19H27F7O4/c1-4-16(2,3)15(28)30-13-7-5-12(6-8-13)14(27)29-11-18(22,23)9-17(20,21)10-19(24,25)26/h12-13H,4-11H2,1-3H3. The van der Waals surface area contributed by atoms with Crippen molar-refractivity contribution in [3.05, 3.63) is 0 Å². The van der Waals surface area contributed by atoms with Crippen LogP contribution in [0.1, 0.15) is 65.7 Å². The molecule has 0 bridgehead atoms. The molecular formula is C19H27F7O4. The predicted molar refractivity (Wildman–Crippen MR) is 92.1 cm³/mol. The number of halogens is 7. The highest BCUT2D eigenvalue weighted by Crippen LogP contribution is 2.39. The van der Waals surface area contributed by atoms with E-state index < -0.39 is 60.9 Å². The molecule has 176 valence electrons. The highest BCUT2D eigenvalue weighted by molar-refractivity contribution is 5.76. The fraction of sp³-hybridized carbons (Fsp3) is 0.895. The summed E-state index contributed by atoms with van der Waals surface area (Å²) in [4.78, 5) is 24.0. The molecule has 11 heteroatoms. The zero-order valence-corrected chi connectivity index (χ0v) is 17.1. The molecule has 1 fully saturated rings. The van der Waals surface area contributed by atoms with Crippen molar-refractivity contribution in [1.82, 2.24) is 0 Å². The molecule has 0 atom stereocenters. The zero-order valence-electron chi connectivity index (χ0n) is 17.1. The molecule has 30 heavy (non-hydrogen) atoms. The maximum atomic E-state index is 13.6. The van der Waals surface area contributed by atoms with Gasteiger partial charge in [-0.25, -0.2) is 17.6 Å². The lowest BCUT2D eigenvalue weighted by atomic mass is 9.86. The Labute approximate surface area is 170 Å². The quantitative estimate of drug-likeness (QED) is 0.334. The highest BCUT2D eigenvalue weighted by atomic mass is 19.4. The largest absolute Gasteiger partial charge is 0.462 e. The van der Waals surface area contributed by atoms with E-state index in [2.05, 4.69) is 4.74 Å². The molecule has 0 unspecified atom stereocenters. The van der Waals surface area contributed by atoms with Crippen molar-refractivity contribution in [3.8, 4) is 0 Å². The molecule has 0 radical (unpaired) electrons. The van der Waals surface area contributed by atoms with Crippen molar-refractivity contribution in [2.45, 2.75) is 89.8 Å². The summed E-state index contributed by atoms with van der Waals surface area (Å²) < 4.78 is 99.4. The van der Waals surface area contributed by atoms with Gasteiger partial charge in [-0.05, 0) is 46.0 Å². The van der Waals surface area contributed by atoms with Crippen molar-refractivity contribution >= 4 is 11.9 Å². The lowest BCUT2D eigenvalue weighted by molar-refractivity contribution is -0.213. The van der Waals surface area contributed by atoms with E-state index in [1.807, 2.05) is 6.92 Å². The van der Waals surface area contributed by atoms with Gasteiger partial charge in [-0.1, -0.05) is 6.92 Å². The van der Waals surface area contributed by atoms with Crippen molar-refractivity contribution < 1.29 is 49.8 Å². The lowest BCUT2D eigenvalue weighted by Crippen LogP contribution is -2.38. The van der Waals surface area contributed by atoms with Crippen LogP contribution in [0.25, 0.3) is 0 Å². The number of ether oxygens (including phenoxy) is 2. The highest BCUT2D eigenvalue weighted by Gasteiger charge is 2.50. The van der Waals surface area contributed by atoms with Crippen LogP contribution in [0.5, 0.6) is 0 Å².